The summed E-state index contributed by atoms with van der Waals surface area (Å²) in [6, 6.07) is 4.27. The highest BCUT2D eigenvalue weighted by Crippen LogP contribution is 2.32. The van der Waals surface area contributed by atoms with E-state index in [1.54, 1.807) is 6.92 Å². The second-order valence-corrected chi connectivity index (χ2v) is 6.42. The highest BCUT2D eigenvalue weighted by atomic mass is 32.1. The van der Waals surface area contributed by atoms with Crippen LogP contribution in [0.5, 0.6) is 0 Å². The van der Waals surface area contributed by atoms with Crippen molar-refractivity contribution in [3.63, 3.8) is 0 Å². The highest BCUT2D eigenvalue weighted by Gasteiger charge is 2.33. The largest absolute Gasteiger partial charge is 0.477 e. The maximum atomic E-state index is 13.0. The zero-order chi connectivity index (χ0) is 18.8. The number of alkyl halides is 3. The third-order valence-corrected chi connectivity index (χ3v) is 4.76. The van der Waals surface area contributed by atoms with Gasteiger partial charge in [0.2, 0.25) is 5.91 Å². The van der Waals surface area contributed by atoms with Crippen molar-refractivity contribution in [1.29, 1.82) is 0 Å². The molecule has 1 amide bonds. The first kappa shape index (κ1) is 18.9. The Bertz CT molecular complexity index is 802. The number of hydrogen-bond acceptors (Lipinski definition) is 4. The van der Waals surface area contributed by atoms with Crippen LogP contribution in [0.4, 0.5) is 13.2 Å². The molecule has 1 aromatic carbocycles. The van der Waals surface area contributed by atoms with Gasteiger partial charge in [-0.2, -0.15) is 13.2 Å². The lowest BCUT2D eigenvalue weighted by Gasteiger charge is -2.14. The number of rotatable bonds is 5. The van der Waals surface area contributed by atoms with Gasteiger partial charge in [-0.05, 0) is 25.5 Å². The number of amides is 1. The normalized spacial score (nSPS) is 12.7. The number of nitrogens with zero attached hydrogens (tertiary/aromatic N) is 1. The molecule has 0 aliphatic heterocycles. The van der Waals surface area contributed by atoms with Crippen LogP contribution in [-0.4, -0.2) is 22.0 Å². The van der Waals surface area contributed by atoms with Crippen LogP contribution >= 0.6 is 11.3 Å². The minimum atomic E-state index is -4.54. The SMILES string of the molecule is Cc1nc(C(C)NC(=O)Cc2ccccc2C(F)(F)F)sc1C(=O)O. The molecule has 134 valence electrons. The van der Waals surface area contributed by atoms with Gasteiger partial charge in [-0.25, -0.2) is 9.78 Å². The van der Waals surface area contributed by atoms with Gasteiger partial charge in [-0.1, -0.05) is 18.2 Å². The number of thiazole rings is 1. The number of aromatic nitrogens is 1. The Morgan fingerprint density at radius 3 is 2.52 bits per heavy atom. The number of carboxylic acid groups (broad SMARTS) is 1. The number of nitrogens with one attached hydrogen (secondary N) is 1. The van der Waals surface area contributed by atoms with Gasteiger partial charge in [0.1, 0.15) is 9.88 Å². The molecule has 0 radical (unpaired) electrons. The smallest absolute Gasteiger partial charge is 0.416 e. The molecular formula is C16H15F3N2O3S. The van der Waals surface area contributed by atoms with E-state index in [-0.39, 0.29) is 10.4 Å². The van der Waals surface area contributed by atoms with E-state index in [2.05, 4.69) is 10.3 Å². The fourth-order valence-electron chi connectivity index (χ4n) is 2.28. The molecule has 1 unspecified atom stereocenters. The van der Waals surface area contributed by atoms with Gasteiger partial charge in [0, 0.05) is 0 Å². The van der Waals surface area contributed by atoms with Gasteiger partial charge in [0.05, 0.1) is 23.7 Å². The van der Waals surface area contributed by atoms with Gasteiger partial charge in [-0.3, -0.25) is 4.79 Å². The lowest BCUT2D eigenvalue weighted by atomic mass is 10.0. The second kappa shape index (κ2) is 7.22. The number of halogens is 3. The summed E-state index contributed by atoms with van der Waals surface area (Å²) < 4.78 is 38.9. The first-order chi connectivity index (χ1) is 11.6. The maximum Gasteiger partial charge on any atom is 0.416 e. The molecule has 2 aromatic rings. The number of carbonyl (C=O) groups is 2. The van der Waals surface area contributed by atoms with E-state index in [0.717, 1.165) is 17.4 Å². The van der Waals surface area contributed by atoms with Crippen LogP contribution in [0.25, 0.3) is 0 Å². The molecule has 0 fully saturated rings. The van der Waals surface area contributed by atoms with Crippen molar-refractivity contribution >= 4 is 23.2 Å². The number of aryl methyl sites for hydroxylation is 1. The summed E-state index contributed by atoms with van der Waals surface area (Å²) in [6.07, 6.45) is -4.97. The number of benzene rings is 1. The Balaban J connectivity index is 2.11. The van der Waals surface area contributed by atoms with Crippen LogP contribution in [0.2, 0.25) is 0 Å². The topological polar surface area (TPSA) is 79.3 Å². The van der Waals surface area contributed by atoms with Crippen LogP contribution in [0, 0.1) is 6.92 Å². The quantitative estimate of drug-likeness (QED) is 0.841. The van der Waals surface area contributed by atoms with Crippen LogP contribution in [0.1, 0.15) is 44.5 Å². The molecule has 9 heteroatoms. The van der Waals surface area contributed by atoms with E-state index in [0.29, 0.717) is 10.7 Å². The van der Waals surface area contributed by atoms with Crippen molar-refractivity contribution in [1.82, 2.24) is 10.3 Å². The summed E-state index contributed by atoms with van der Waals surface area (Å²) in [5.74, 6) is -1.71. The number of carbonyl (C=O) groups excluding carboxylic acids is 1. The molecule has 1 atom stereocenters. The van der Waals surface area contributed by atoms with E-state index in [1.165, 1.54) is 25.1 Å². The maximum absolute atomic E-state index is 13.0. The lowest BCUT2D eigenvalue weighted by Crippen LogP contribution is -2.28. The fourth-order valence-corrected chi connectivity index (χ4v) is 3.19. The fraction of sp³-hybridized carbons (Fsp3) is 0.312. The van der Waals surface area contributed by atoms with Gasteiger partial charge in [0.25, 0.3) is 0 Å². The summed E-state index contributed by atoms with van der Waals surface area (Å²) in [5.41, 5.74) is -0.645. The van der Waals surface area contributed by atoms with Gasteiger partial charge >= 0.3 is 12.1 Å². The summed E-state index contributed by atoms with van der Waals surface area (Å²) >= 11 is 0.926. The second-order valence-electron chi connectivity index (χ2n) is 5.39. The molecule has 2 rings (SSSR count). The van der Waals surface area contributed by atoms with E-state index in [9.17, 15) is 22.8 Å². The summed E-state index contributed by atoms with van der Waals surface area (Å²) in [5, 5.41) is 12.0. The minimum absolute atomic E-state index is 0.0681. The zero-order valence-electron chi connectivity index (χ0n) is 13.3. The van der Waals surface area contributed by atoms with Crippen molar-refractivity contribution in [2.75, 3.05) is 0 Å². The Labute approximate surface area is 145 Å². The molecule has 0 spiro atoms. The van der Waals surface area contributed by atoms with Gasteiger partial charge < -0.3 is 10.4 Å². The molecule has 0 aliphatic carbocycles. The van der Waals surface area contributed by atoms with E-state index < -0.39 is 36.1 Å². The Kier molecular flexibility index (Phi) is 5.46. The number of carboxylic acids is 1. The molecule has 2 N–H and O–H groups in total. The standard InChI is InChI=1S/C16H15F3N2O3S/c1-8-13(15(23)24)25-14(21-8)9(2)20-12(22)7-10-5-3-4-6-11(10)16(17,18)19/h3-6,9H,7H2,1-2H3,(H,20,22)(H,23,24). The summed E-state index contributed by atoms with van der Waals surface area (Å²) in [4.78, 5) is 27.3. The molecule has 1 aromatic heterocycles. The van der Waals surface area contributed by atoms with Crippen LogP contribution < -0.4 is 5.32 Å². The summed E-state index contributed by atoms with van der Waals surface area (Å²) in [6.45, 7) is 3.13. The molecule has 5 nitrogen and oxygen atoms in total. The Hall–Kier alpha value is -2.42. The van der Waals surface area contributed by atoms with E-state index in [1.807, 2.05) is 0 Å². The lowest BCUT2D eigenvalue weighted by molar-refractivity contribution is -0.138. The third-order valence-electron chi connectivity index (χ3n) is 3.43. The number of hydrogen-bond donors (Lipinski definition) is 2. The minimum Gasteiger partial charge on any atom is -0.477 e. The number of aromatic carboxylic acids is 1. The molecule has 0 bridgehead atoms. The van der Waals surface area contributed by atoms with Crippen molar-refractivity contribution in [2.24, 2.45) is 0 Å². The van der Waals surface area contributed by atoms with Gasteiger partial charge in [-0.15, -0.1) is 11.3 Å². The first-order valence-corrected chi connectivity index (χ1v) is 8.06. The predicted octanol–water partition coefficient (Wildman–Crippen LogP) is 3.59. The predicted molar refractivity (Wildman–Crippen MR) is 85.5 cm³/mol. The molecular weight excluding hydrogens is 357 g/mol. The Morgan fingerprint density at radius 1 is 1.32 bits per heavy atom. The van der Waals surface area contributed by atoms with E-state index >= 15 is 0 Å². The third kappa shape index (κ3) is 4.56. The monoisotopic (exact) mass is 372 g/mol. The van der Waals surface area contributed by atoms with Crippen LogP contribution in [-0.2, 0) is 17.4 Å². The van der Waals surface area contributed by atoms with Crippen molar-refractivity contribution < 1.29 is 27.9 Å². The molecule has 0 saturated carbocycles. The average Bonchev–Trinajstić information content (AvgIpc) is 2.89. The van der Waals surface area contributed by atoms with Gasteiger partial charge in [0.15, 0.2) is 0 Å². The molecule has 0 saturated heterocycles. The summed E-state index contributed by atoms with van der Waals surface area (Å²) in [7, 11) is 0. The first-order valence-electron chi connectivity index (χ1n) is 7.24. The molecule has 25 heavy (non-hydrogen) atoms. The molecule has 1 heterocycles. The zero-order valence-corrected chi connectivity index (χ0v) is 14.2. The van der Waals surface area contributed by atoms with Crippen molar-refractivity contribution in [2.45, 2.75) is 32.5 Å². The highest BCUT2D eigenvalue weighted by molar-refractivity contribution is 7.13. The van der Waals surface area contributed by atoms with Crippen molar-refractivity contribution in [3.8, 4) is 0 Å². The van der Waals surface area contributed by atoms with Crippen LogP contribution in [0.3, 0.4) is 0 Å². The average molecular weight is 372 g/mol. The van der Waals surface area contributed by atoms with E-state index in [4.69, 9.17) is 5.11 Å². The molecule has 0 aliphatic rings. The van der Waals surface area contributed by atoms with Crippen molar-refractivity contribution in [3.05, 3.63) is 51.0 Å². The Morgan fingerprint density at radius 2 is 1.96 bits per heavy atom. The van der Waals surface area contributed by atoms with Crippen LogP contribution in [0.15, 0.2) is 24.3 Å².